The van der Waals surface area contributed by atoms with Gasteiger partial charge in [0, 0.05) is 19.5 Å². The topological polar surface area (TPSA) is 60.2 Å². The minimum atomic E-state index is -0.294. The molecule has 0 aliphatic rings. The van der Waals surface area contributed by atoms with Crippen LogP contribution in [0.3, 0.4) is 0 Å². The molecule has 0 spiro atoms. The Balaban J connectivity index is 2.70. The number of hydrogen-bond donors (Lipinski definition) is 2. The lowest BCUT2D eigenvalue weighted by atomic mass is 9.93. The predicted octanol–water partition coefficient (Wildman–Crippen LogP) is 0.881. The Labute approximate surface area is 90.8 Å². The van der Waals surface area contributed by atoms with Crippen molar-refractivity contribution in [3.8, 4) is 0 Å². The van der Waals surface area contributed by atoms with Crippen LogP contribution in [0.4, 0.5) is 0 Å². The van der Waals surface area contributed by atoms with Gasteiger partial charge in [-0.1, -0.05) is 0 Å². The molecule has 1 aromatic heterocycles. The second kappa shape index (κ2) is 5.21. The number of nitrogens with one attached hydrogen (secondary N) is 1. The number of aromatic nitrogens is 1. The first-order chi connectivity index (χ1) is 7.10. The van der Waals surface area contributed by atoms with Crippen molar-refractivity contribution in [2.45, 2.75) is 31.9 Å². The lowest BCUT2D eigenvalue weighted by molar-refractivity contribution is -0.0101. The number of nitrogens with two attached hydrogens (primary N) is 1. The average Bonchev–Trinajstić information content (AvgIpc) is 2.27. The summed E-state index contributed by atoms with van der Waals surface area (Å²) in [7, 11) is 1.69. The summed E-state index contributed by atoms with van der Waals surface area (Å²) in [4.78, 5) is 3.98. The number of hydrazine groups is 1. The van der Waals surface area contributed by atoms with Gasteiger partial charge in [0.2, 0.25) is 0 Å². The van der Waals surface area contributed by atoms with Crippen LogP contribution in [-0.2, 0) is 11.2 Å². The number of hydrogen-bond acceptors (Lipinski definition) is 4. The lowest BCUT2D eigenvalue weighted by Gasteiger charge is -2.32. The first kappa shape index (κ1) is 12.1. The predicted molar refractivity (Wildman–Crippen MR) is 60.1 cm³/mol. The first-order valence-corrected chi connectivity index (χ1v) is 5.00. The van der Waals surface area contributed by atoms with E-state index in [0.29, 0.717) is 0 Å². The highest BCUT2D eigenvalue weighted by Crippen LogP contribution is 2.17. The van der Waals surface area contributed by atoms with Crippen LogP contribution in [0.15, 0.2) is 24.5 Å². The van der Waals surface area contributed by atoms with Crippen molar-refractivity contribution in [2.75, 3.05) is 7.11 Å². The van der Waals surface area contributed by atoms with Gasteiger partial charge < -0.3 is 4.74 Å². The minimum Gasteiger partial charge on any atom is -0.377 e. The maximum Gasteiger partial charge on any atom is 0.0791 e. The molecule has 1 rings (SSSR count). The molecule has 4 nitrogen and oxygen atoms in total. The normalized spacial score (nSPS) is 13.9. The number of pyridine rings is 1. The summed E-state index contributed by atoms with van der Waals surface area (Å²) in [5.74, 6) is 5.54. The minimum absolute atomic E-state index is 0.0740. The third kappa shape index (κ3) is 3.27. The van der Waals surface area contributed by atoms with E-state index in [9.17, 15) is 0 Å². The second-order valence-electron chi connectivity index (χ2n) is 4.09. The van der Waals surface area contributed by atoms with Crippen LogP contribution >= 0.6 is 0 Å². The highest BCUT2D eigenvalue weighted by Gasteiger charge is 2.28. The van der Waals surface area contributed by atoms with E-state index in [1.807, 2.05) is 26.0 Å². The van der Waals surface area contributed by atoms with Crippen molar-refractivity contribution in [1.82, 2.24) is 10.4 Å². The fraction of sp³-hybridized carbons (Fsp3) is 0.545. The van der Waals surface area contributed by atoms with Gasteiger partial charge in [-0.3, -0.25) is 16.3 Å². The first-order valence-electron chi connectivity index (χ1n) is 5.00. The molecular formula is C11H19N3O. The lowest BCUT2D eigenvalue weighted by Crippen LogP contribution is -2.52. The van der Waals surface area contributed by atoms with Crippen molar-refractivity contribution < 1.29 is 4.74 Å². The van der Waals surface area contributed by atoms with E-state index in [4.69, 9.17) is 10.6 Å². The summed E-state index contributed by atoms with van der Waals surface area (Å²) < 4.78 is 5.40. The molecule has 0 amide bonds. The largest absolute Gasteiger partial charge is 0.377 e. The molecule has 84 valence electrons. The van der Waals surface area contributed by atoms with Gasteiger partial charge in [0.05, 0.1) is 11.6 Å². The average molecular weight is 209 g/mol. The number of methoxy groups -OCH3 is 1. The summed E-state index contributed by atoms with van der Waals surface area (Å²) in [6.45, 7) is 4.03. The molecule has 4 heteroatoms. The molecule has 0 fully saturated rings. The van der Waals surface area contributed by atoms with Crippen LogP contribution in [0.5, 0.6) is 0 Å². The van der Waals surface area contributed by atoms with Crippen LogP contribution in [0, 0.1) is 0 Å². The zero-order valence-corrected chi connectivity index (χ0v) is 9.53. The molecule has 0 saturated heterocycles. The van der Waals surface area contributed by atoms with Crippen molar-refractivity contribution in [1.29, 1.82) is 0 Å². The van der Waals surface area contributed by atoms with Crippen molar-refractivity contribution in [2.24, 2.45) is 5.84 Å². The molecule has 0 bridgehead atoms. The fourth-order valence-corrected chi connectivity index (χ4v) is 1.40. The van der Waals surface area contributed by atoms with Crippen LogP contribution < -0.4 is 11.3 Å². The molecule has 0 aliphatic carbocycles. The van der Waals surface area contributed by atoms with Crippen LogP contribution in [0.1, 0.15) is 19.4 Å². The number of ether oxygens (including phenoxy) is 1. The fourth-order valence-electron chi connectivity index (χ4n) is 1.40. The SMILES string of the molecule is COC(C)(C)C(Cc1ccncc1)NN. The van der Waals surface area contributed by atoms with Gasteiger partial charge >= 0.3 is 0 Å². The van der Waals surface area contributed by atoms with Gasteiger partial charge in [0.15, 0.2) is 0 Å². The summed E-state index contributed by atoms with van der Waals surface area (Å²) in [5.41, 5.74) is 3.70. The van der Waals surface area contributed by atoms with Gasteiger partial charge in [-0.25, -0.2) is 0 Å². The van der Waals surface area contributed by atoms with E-state index in [2.05, 4.69) is 10.4 Å². The molecule has 0 aliphatic heterocycles. The third-order valence-corrected chi connectivity index (χ3v) is 2.76. The Hall–Kier alpha value is -0.970. The zero-order valence-electron chi connectivity index (χ0n) is 9.53. The van der Waals surface area contributed by atoms with E-state index in [1.54, 1.807) is 19.5 Å². The third-order valence-electron chi connectivity index (χ3n) is 2.76. The van der Waals surface area contributed by atoms with Gasteiger partial charge in [0.25, 0.3) is 0 Å². The molecule has 0 aromatic carbocycles. The van der Waals surface area contributed by atoms with Gasteiger partial charge in [-0.2, -0.15) is 0 Å². The molecular weight excluding hydrogens is 190 g/mol. The summed E-state index contributed by atoms with van der Waals surface area (Å²) in [5, 5.41) is 0. The molecule has 1 heterocycles. The van der Waals surface area contributed by atoms with E-state index in [1.165, 1.54) is 5.56 Å². The molecule has 3 N–H and O–H groups in total. The Kier molecular flexibility index (Phi) is 4.20. The molecule has 15 heavy (non-hydrogen) atoms. The Bertz CT molecular complexity index is 287. The van der Waals surface area contributed by atoms with E-state index in [0.717, 1.165) is 6.42 Å². The van der Waals surface area contributed by atoms with Gasteiger partial charge in [0.1, 0.15) is 0 Å². The van der Waals surface area contributed by atoms with Crippen LogP contribution in [0.25, 0.3) is 0 Å². The number of rotatable bonds is 5. The summed E-state index contributed by atoms with van der Waals surface area (Å²) >= 11 is 0. The summed E-state index contributed by atoms with van der Waals surface area (Å²) in [6, 6.07) is 4.04. The Morgan fingerprint density at radius 1 is 1.47 bits per heavy atom. The second-order valence-corrected chi connectivity index (χ2v) is 4.09. The van der Waals surface area contributed by atoms with Crippen LogP contribution in [-0.4, -0.2) is 23.7 Å². The standard InChI is InChI=1S/C11H19N3O/c1-11(2,15-3)10(14-12)8-9-4-6-13-7-5-9/h4-7,10,14H,8,12H2,1-3H3. The van der Waals surface area contributed by atoms with Crippen molar-refractivity contribution >= 4 is 0 Å². The molecule has 0 saturated carbocycles. The highest BCUT2D eigenvalue weighted by molar-refractivity contribution is 5.12. The molecule has 0 radical (unpaired) electrons. The van der Waals surface area contributed by atoms with E-state index in [-0.39, 0.29) is 11.6 Å². The zero-order chi connectivity index (χ0) is 11.3. The molecule has 1 atom stereocenters. The van der Waals surface area contributed by atoms with Gasteiger partial charge in [-0.15, -0.1) is 0 Å². The van der Waals surface area contributed by atoms with Gasteiger partial charge in [-0.05, 0) is 38.0 Å². The van der Waals surface area contributed by atoms with Crippen molar-refractivity contribution in [3.05, 3.63) is 30.1 Å². The Morgan fingerprint density at radius 2 is 2.07 bits per heavy atom. The Morgan fingerprint density at radius 3 is 2.53 bits per heavy atom. The quantitative estimate of drug-likeness (QED) is 0.558. The monoisotopic (exact) mass is 209 g/mol. The van der Waals surface area contributed by atoms with E-state index < -0.39 is 0 Å². The van der Waals surface area contributed by atoms with Crippen LogP contribution in [0.2, 0.25) is 0 Å². The maximum atomic E-state index is 5.54. The number of nitrogens with zero attached hydrogens (tertiary/aromatic N) is 1. The maximum absolute atomic E-state index is 5.54. The van der Waals surface area contributed by atoms with E-state index >= 15 is 0 Å². The smallest absolute Gasteiger partial charge is 0.0791 e. The highest BCUT2D eigenvalue weighted by atomic mass is 16.5. The summed E-state index contributed by atoms with van der Waals surface area (Å²) in [6.07, 6.45) is 4.38. The van der Waals surface area contributed by atoms with Crippen molar-refractivity contribution in [3.63, 3.8) is 0 Å². The molecule has 1 unspecified atom stereocenters. The molecule has 1 aromatic rings.